The molecule has 2 aromatic heterocycles. The standard InChI is InChI=1S/C24H27N5/c1-23(2,21-5-3-4-13-26-21)29-16-12-24(18-29,22-27-14-15-28-22)11-10-19-6-8-20(17-25)9-7-19/h3-9,13-15H,10-12,16,18H2,1-2H3,(H,27,28)/t24-/m0/s1. The first kappa shape index (κ1) is 19.4. The van der Waals surface area contributed by atoms with Crippen molar-refractivity contribution < 1.29 is 0 Å². The summed E-state index contributed by atoms with van der Waals surface area (Å²) in [6, 6.07) is 16.3. The van der Waals surface area contributed by atoms with Crippen molar-refractivity contribution in [3.05, 3.63) is 83.7 Å². The van der Waals surface area contributed by atoms with E-state index in [1.165, 1.54) is 5.56 Å². The van der Waals surface area contributed by atoms with Gasteiger partial charge in [0.2, 0.25) is 0 Å². The van der Waals surface area contributed by atoms with Crippen molar-refractivity contribution in [2.24, 2.45) is 0 Å². The summed E-state index contributed by atoms with van der Waals surface area (Å²) in [5, 5.41) is 9.02. The van der Waals surface area contributed by atoms with Gasteiger partial charge in [-0.15, -0.1) is 0 Å². The molecule has 148 valence electrons. The van der Waals surface area contributed by atoms with Gasteiger partial charge < -0.3 is 4.98 Å². The number of H-pyrrole nitrogens is 1. The summed E-state index contributed by atoms with van der Waals surface area (Å²) >= 11 is 0. The van der Waals surface area contributed by atoms with Crippen molar-refractivity contribution in [2.75, 3.05) is 13.1 Å². The topological polar surface area (TPSA) is 68.6 Å². The summed E-state index contributed by atoms with van der Waals surface area (Å²) in [4.78, 5) is 15.2. The SMILES string of the molecule is CC(C)(c1ccccn1)N1CC[C@](CCc2ccc(C#N)cc2)(c2ncc[nH]2)C1. The number of aryl methyl sites for hydroxylation is 1. The Kier molecular flexibility index (Phi) is 5.21. The van der Waals surface area contributed by atoms with Gasteiger partial charge in [-0.1, -0.05) is 18.2 Å². The highest BCUT2D eigenvalue weighted by molar-refractivity contribution is 5.32. The van der Waals surface area contributed by atoms with Crippen molar-refractivity contribution in [1.82, 2.24) is 19.9 Å². The minimum atomic E-state index is -0.135. The van der Waals surface area contributed by atoms with Crippen LogP contribution in [0, 0.1) is 11.3 Å². The number of nitrogens with zero attached hydrogens (tertiary/aromatic N) is 4. The van der Waals surface area contributed by atoms with Gasteiger partial charge in [0.15, 0.2) is 0 Å². The molecule has 4 rings (SSSR count). The molecule has 5 heteroatoms. The number of aromatic amines is 1. The number of likely N-dealkylation sites (tertiary alicyclic amines) is 1. The molecular weight excluding hydrogens is 358 g/mol. The maximum absolute atomic E-state index is 9.02. The van der Waals surface area contributed by atoms with Gasteiger partial charge in [0, 0.05) is 37.1 Å². The maximum Gasteiger partial charge on any atom is 0.113 e. The smallest absolute Gasteiger partial charge is 0.113 e. The molecule has 1 aliphatic rings. The van der Waals surface area contributed by atoms with Crippen LogP contribution in [0.1, 0.15) is 49.3 Å². The molecular formula is C24H27N5. The highest BCUT2D eigenvalue weighted by Gasteiger charge is 2.46. The fourth-order valence-electron chi connectivity index (χ4n) is 4.44. The van der Waals surface area contributed by atoms with Crippen LogP contribution < -0.4 is 0 Å². The first-order valence-electron chi connectivity index (χ1n) is 10.2. The van der Waals surface area contributed by atoms with E-state index in [0.717, 1.165) is 43.9 Å². The Bertz CT molecular complexity index is 970. The molecule has 1 saturated heterocycles. The van der Waals surface area contributed by atoms with E-state index in [4.69, 9.17) is 5.26 Å². The quantitative estimate of drug-likeness (QED) is 0.691. The predicted octanol–water partition coefficient (Wildman–Crippen LogP) is 4.19. The van der Waals surface area contributed by atoms with Crippen molar-refractivity contribution in [1.29, 1.82) is 5.26 Å². The molecule has 1 atom stereocenters. The minimum Gasteiger partial charge on any atom is -0.348 e. The molecule has 0 unspecified atom stereocenters. The third-order valence-electron chi connectivity index (χ3n) is 6.41. The fourth-order valence-corrected chi connectivity index (χ4v) is 4.44. The summed E-state index contributed by atoms with van der Waals surface area (Å²) in [6.45, 7) is 6.47. The van der Waals surface area contributed by atoms with Gasteiger partial charge in [-0.3, -0.25) is 9.88 Å². The molecule has 1 aliphatic heterocycles. The molecule has 0 spiro atoms. The van der Waals surface area contributed by atoms with E-state index in [-0.39, 0.29) is 11.0 Å². The summed E-state index contributed by atoms with van der Waals surface area (Å²) in [6.07, 6.45) is 8.69. The van der Waals surface area contributed by atoms with E-state index in [1.54, 1.807) is 0 Å². The first-order valence-corrected chi connectivity index (χ1v) is 10.2. The van der Waals surface area contributed by atoms with Crippen LogP contribution in [0.25, 0.3) is 0 Å². The van der Waals surface area contributed by atoms with Gasteiger partial charge >= 0.3 is 0 Å². The van der Waals surface area contributed by atoms with E-state index in [1.807, 2.05) is 36.8 Å². The van der Waals surface area contributed by atoms with Crippen molar-refractivity contribution in [2.45, 2.75) is 44.1 Å². The van der Waals surface area contributed by atoms with Crippen LogP contribution in [0.3, 0.4) is 0 Å². The summed E-state index contributed by atoms with van der Waals surface area (Å²) in [5.74, 6) is 1.07. The molecule has 5 nitrogen and oxygen atoms in total. The largest absolute Gasteiger partial charge is 0.348 e. The van der Waals surface area contributed by atoms with E-state index in [0.29, 0.717) is 5.56 Å². The highest BCUT2D eigenvalue weighted by atomic mass is 15.2. The van der Waals surface area contributed by atoms with Crippen molar-refractivity contribution >= 4 is 0 Å². The second-order valence-corrected chi connectivity index (χ2v) is 8.47. The second kappa shape index (κ2) is 7.81. The van der Waals surface area contributed by atoms with E-state index >= 15 is 0 Å². The Morgan fingerprint density at radius 3 is 2.62 bits per heavy atom. The normalized spacial score (nSPS) is 19.9. The number of nitrogens with one attached hydrogen (secondary N) is 1. The molecule has 0 saturated carbocycles. The summed E-state index contributed by atoms with van der Waals surface area (Å²) in [7, 11) is 0. The minimum absolute atomic E-state index is 0.0105. The van der Waals surface area contributed by atoms with Crippen LogP contribution in [-0.4, -0.2) is 32.9 Å². The van der Waals surface area contributed by atoms with Gasteiger partial charge in [-0.05, 0) is 62.9 Å². The van der Waals surface area contributed by atoms with E-state index < -0.39 is 0 Å². The van der Waals surface area contributed by atoms with Crippen molar-refractivity contribution in [3.8, 4) is 6.07 Å². The number of hydrogen-bond acceptors (Lipinski definition) is 4. The number of pyridine rings is 1. The number of rotatable bonds is 6. The van der Waals surface area contributed by atoms with Crippen LogP contribution in [-0.2, 0) is 17.4 Å². The van der Waals surface area contributed by atoms with Gasteiger partial charge in [-0.25, -0.2) is 4.98 Å². The Morgan fingerprint density at radius 2 is 1.97 bits per heavy atom. The third-order valence-corrected chi connectivity index (χ3v) is 6.41. The average Bonchev–Trinajstić information content (AvgIpc) is 3.44. The Morgan fingerprint density at radius 1 is 1.14 bits per heavy atom. The molecule has 3 aromatic rings. The molecule has 29 heavy (non-hydrogen) atoms. The lowest BCUT2D eigenvalue weighted by atomic mass is 9.80. The third kappa shape index (κ3) is 3.81. The van der Waals surface area contributed by atoms with E-state index in [2.05, 4.69) is 64.0 Å². The van der Waals surface area contributed by atoms with Gasteiger partial charge in [-0.2, -0.15) is 5.26 Å². The lowest BCUT2D eigenvalue weighted by molar-refractivity contribution is 0.137. The number of aromatic nitrogens is 3. The molecule has 3 heterocycles. The number of hydrogen-bond donors (Lipinski definition) is 1. The van der Waals surface area contributed by atoms with Crippen molar-refractivity contribution in [3.63, 3.8) is 0 Å². The summed E-state index contributed by atoms with van der Waals surface area (Å²) < 4.78 is 0. The first-order chi connectivity index (χ1) is 14.0. The number of imidazole rings is 1. The summed E-state index contributed by atoms with van der Waals surface area (Å²) in [5.41, 5.74) is 2.92. The molecule has 0 radical (unpaired) electrons. The molecule has 1 N–H and O–H groups in total. The molecule has 0 aliphatic carbocycles. The molecule has 1 aromatic carbocycles. The zero-order valence-electron chi connectivity index (χ0n) is 17.1. The maximum atomic E-state index is 9.02. The zero-order valence-corrected chi connectivity index (χ0v) is 17.1. The lowest BCUT2D eigenvalue weighted by Crippen LogP contribution is -2.43. The van der Waals surface area contributed by atoms with E-state index in [9.17, 15) is 0 Å². The number of benzene rings is 1. The predicted molar refractivity (Wildman–Crippen MR) is 113 cm³/mol. The Labute approximate surface area is 172 Å². The van der Waals surface area contributed by atoms with Crippen LogP contribution in [0.5, 0.6) is 0 Å². The fraction of sp³-hybridized carbons (Fsp3) is 0.375. The molecule has 0 amide bonds. The number of nitriles is 1. The highest BCUT2D eigenvalue weighted by Crippen LogP contribution is 2.42. The zero-order chi connectivity index (χ0) is 20.3. The monoisotopic (exact) mass is 385 g/mol. The molecule has 0 bridgehead atoms. The van der Waals surface area contributed by atoms with Gasteiger partial charge in [0.05, 0.1) is 22.9 Å². The molecule has 1 fully saturated rings. The van der Waals surface area contributed by atoms with Crippen LogP contribution in [0.15, 0.2) is 61.1 Å². The van der Waals surface area contributed by atoms with Crippen LogP contribution in [0.2, 0.25) is 0 Å². The van der Waals surface area contributed by atoms with Crippen LogP contribution >= 0.6 is 0 Å². The Balaban J connectivity index is 1.56. The average molecular weight is 386 g/mol. The van der Waals surface area contributed by atoms with Crippen LogP contribution in [0.4, 0.5) is 0 Å². The second-order valence-electron chi connectivity index (χ2n) is 8.47. The van der Waals surface area contributed by atoms with Gasteiger partial charge in [0.1, 0.15) is 5.82 Å². The Hall–Kier alpha value is -2.97. The lowest BCUT2D eigenvalue weighted by Gasteiger charge is -2.37. The van der Waals surface area contributed by atoms with Gasteiger partial charge in [0.25, 0.3) is 0 Å².